The number of nitrogens with one attached hydrogen (secondary N) is 1. The highest BCUT2D eigenvalue weighted by molar-refractivity contribution is 5.97. The van der Waals surface area contributed by atoms with E-state index >= 15 is 0 Å². The Hall–Kier alpha value is -3.56. The van der Waals surface area contributed by atoms with Crippen molar-refractivity contribution >= 4 is 17.4 Å². The molecule has 9 heteroatoms. The van der Waals surface area contributed by atoms with Crippen LogP contribution in [0.2, 0.25) is 0 Å². The SMILES string of the molecule is CN1CCN(c2ccc(-c3cnc(N)c(-c4ccc5c(c4)CCNC5=O)c3)cc2CN2CCC(F)(F)C2)CC1. The number of pyridine rings is 1. The molecule has 0 atom stereocenters. The van der Waals surface area contributed by atoms with E-state index < -0.39 is 5.92 Å². The van der Waals surface area contributed by atoms with Crippen molar-refractivity contribution in [1.82, 2.24) is 20.1 Å². The van der Waals surface area contributed by atoms with E-state index in [1.54, 1.807) is 6.20 Å². The van der Waals surface area contributed by atoms with E-state index in [-0.39, 0.29) is 18.9 Å². The van der Waals surface area contributed by atoms with E-state index in [0.29, 0.717) is 31.0 Å². The predicted octanol–water partition coefficient (Wildman–Crippen LogP) is 3.88. The molecular formula is C30H34F2N6O. The first-order valence-corrected chi connectivity index (χ1v) is 13.6. The predicted molar refractivity (Wildman–Crippen MR) is 150 cm³/mol. The van der Waals surface area contributed by atoms with Crippen LogP contribution >= 0.6 is 0 Å². The fourth-order valence-electron chi connectivity index (χ4n) is 5.89. The van der Waals surface area contributed by atoms with Gasteiger partial charge >= 0.3 is 0 Å². The molecule has 7 nitrogen and oxygen atoms in total. The van der Waals surface area contributed by atoms with Crippen LogP contribution < -0.4 is 16.0 Å². The summed E-state index contributed by atoms with van der Waals surface area (Å²) in [5.41, 5.74) is 13.8. The Morgan fingerprint density at radius 3 is 2.54 bits per heavy atom. The fraction of sp³-hybridized carbons (Fsp3) is 0.400. The van der Waals surface area contributed by atoms with E-state index in [0.717, 1.165) is 71.7 Å². The van der Waals surface area contributed by atoms with Crippen LogP contribution in [-0.4, -0.2) is 79.5 Å². The summed E-state index contributed by atoms with van der Waals surface area (Å²) < 4.78 is 28.0. The second-order valence-corrected chi connectivity index (χ2v) is 11.0. The molecule has 3 N–H and O–H groups in total. The number of rotatable bonds is 5. The molecule has 4 heterocycles. The van der Waals surface area contributed by atoms with Gasteiger partial charge in [-0.3, -0.25) is 9.69 Å². The zero-order valence-corrected chi connectivity index (χ0v) is 22.2. The number of halogens is 2. The van der Waals surface area contributed by atoms with Crippen LogP contribution in [0.25, 0.3) is 22.3 Å². The summed E-state index contributed by atoms with van der Waals surface area (Å²) in [7, 11) is 2.12. The van der Waals surface area contributed by atoms with Gasteiger partial charge in [-0.2, -0.15) is 0 Å². The quantitative estimate of drug-likeness (QED) is 0.520. The van der Waals surface area contributed by atoms with Crippen molar-refractivity contribution in [2.75, 3.05) is 63.5 Å². The number of piperazine rings is 1. The number of carbonyl (C=O) groups excluding carboxylic acids is 1. The molecule has 204 valence electrons. The highest BCUT2D eigenvalue weighted by Crippen LogP contribution is 2.35. The molecule has 3 aliphatic rings. The molecule has 0 bridgehead atoms. The largest absolute Gasteiger partial charge is 0.383 e. The van der Waals surface area contributed by atoms with E-state index in [4.69, 9.17) is 5.73 Å². The number of fused-ring (bicyclic) bond motifs is 1. The Morgan fingerprint density at radius 1 is 0.974 bits per heavy atom. The summed E-state index contributed by atoms with van der Waals surface area (Å²) >= 11 is 0. The third-order valence-electron chi connectivity index (χ3n) is 8.16. The lowest BCUT2D eigenvalue weighted by Crippen LogP contribution is -2.45. The lowest BCUT2D eigenvalue weighted by atomic mass is 9.93. The van der Waals surface area contributed by atoms with Crippen LogP contribution in [0, 0.1) is 0 Å². The molecule has 0 unspecified atom stereocenters. The number of carbonyl (C=O) groups is 1. The standard InChI is InChI=1S/C30H34F2N6O/c1-36-10-12-38(13-11-36)27-5-3-20(14-24(27)18-37-9-7-30(31,32)19-37)23-16-26(28(33)35-17-23)21-2-4-25-22(15-21)6-8-34-29(25)39/h2-5,14-17H,6-13,18-19H2,1H3,(H2,33,35)(H,34,39). The Balaban J connectivity index is 1.35. The van der Waals surface area contributed by atoms with E-state index in [9.17, 15) is 13.6 Å². The van der Waals surface area contributed by atoms with Gasteiger partial charge in [-0.1, -0.05) is 18.2 Å². The van der Waals surface area contributed by atoms with Crippen LogP contribution in [0.4, 0.5) is 20.3 Å². The van der Waals surface area contributed by atoms with E-state index in [2.05, 4.69) is 45.3 Å². The lowest BCUT2D eigenvalue weighted by Gasteiger charge is -2.36. The van der Waals surface area contributed by atoms with Gasteiger partial charge in [-0.05, 0) is 60.0 Å². The van der Waals surface area contributed by atoms with Gasteiger partial charge in [0.15, 0.2) is 0 Å². The Kier molecular flexibility index (Phi) is 6.72. The molecule has 1 amide bonds. The van der Waals surface area contributed by atoms with Crippen molar-refractivity contribution in [2.45, 2.75) is 25.3 Å². The fourth-order valence-corrected chi connectivity index (χ4v) is 5.89. The van der Waals surface area contributed by atoms with E-state index in [1.165, 1.54) is 0 Å². The number of alkyl halides is 2. The number of nitrogen functional groups attached to an aromatic ring is 1. The Morgan fingerprint density at radius 2 is 1.77 bits per heavy atom. The van der Waals surface area contributed by atoms with Crippen molar-refractivity contribution < 1.29 is 13.6 Å². The Bertz CT molecular complexity index is 1400. The number of hydrogen-bond donors (Lipinski definition) is 2. The van der Waals surface area contributed by atoms with Gasteiger partial charge in [0.1, 0.15) is 5.82 Å². The molecule has 2 fully saturated rings. The highest BCUT2D eigenvalue weighted by Gasteiger charge is 2.38. The van der Waals surface area contributed by atoms with Gasteiger partial charge in [-0.15, -0.1) is 0 Å². The monoisotopic (exact) mass is 532 g/mol. The average Bonchev–Trinajstić information content (AvgIpc) is 3.27. The first-order chi connectivity index (χ1) is 18.8. The summed E-state index contributed by atoms with van der Waals surface area (Å²) in [4.78, 5) is 23.2. The van der Waals surface area contributed by atoms with Crippen LogP contribution in [0.15, 0.2) is 48.7 Å². The van der Waals surface area contributed by atoms with Crippen LogP contribution in [-0.2, 0) is 13.0 Å². The third-order valence-corrected chi connectivity index (χ3v) is 8.16. The van der Waals surface area contributed by atoms with Crippen molar-refractivity contribution in [3.63, 3.8) is 0 Å². The lowest BCUT2D eigenvalue weighted by molar-refractivity contribution is 0.0115. The molecular weight excluding hydrogens is 498 g/mol. The molecule has 0 aliphatic carbocycles. The number of anilines is 2. The molecule has 3 aromatic rings. The smallest absolute Gasteiger partial charge is 0.261 e. The maximum Gasteiger partial charge on any atom is 0.261 e. The van der Waals surface area contributed by atoms with Gasteiger partial charge in [0, 0.05) is 80.8 Å². The van der Waals surface area contributed by atoms with Crippen molar-refractivity contribution in [2.24, 2.45) is 0 Å². The normalized spacial score (nSPS) is 19.7. The van der Waals surface area contributed by atoms with E-state index in [1.807, 2.05) is 29.2 Å². The number of nitrogens with zero attached hydrogens (tertiary/aromatic N) is 4. The molecule has 0 saturated carbocycles. The summed E-state index contributed by atoms with van der Waals surface area (Å²) in [6.07, 6.45) is 2.45. The summed E-state index contributed by atoms with van der Waals surface area (Å²) in [5, 5.41) is 2.88. The summed E-state index contributed by atoms with van der Waals surface area (Å²) in [6, 6.07) is 14.2. The molecule has 39 heavy (non-hydrogen) atoms. The number of likely N-dealkylation sites (tertiary alicyclic amines) is 1. The maximum absolute atomic E-state index is 14.0. The average molecular weight is 533 g/mol. The molecule has 2 saturated heterocycles. The van der Waals surface area contributed by atoms with Crippen molar-refractivity contribution in [3.05, 3.63) is 65.4 Å². The summed E-state index contributed by atoms with van der Waals surface area (Å²) in [6.45, 7) is 5.04. The molecule has 2 aromatic carbocycles. The number of nitrogens with two attached hydrogens (primary N) is 1. The van der Waals surface area contributed by atoms with Gasteiger partial charge in [-0.25, -0.2) is 13.8 Å². The number of hydrogen-bond acceptors (Lipinski definition) is 6. The number of aromatic nitrogens is 1. The third kappa shape index (κ3) is 5.33. The van der Waals surface area contributed by atoms with Crippen molar-refractivity contribution in [1.29, 1.82) is 0 Å². The van der Waals surface area contributed by atoms with Crippen LogP contribution in [0.3, 0.4) is 0 Å². The topological polar surface area (TPSA) is 77.7 Å². The van der Waals surface area contributed by atoms with Crippen molar-refractivity contribution in [3.8, 4) is 22.3 Å². The molecule has 1 aromatic heterocycles. The van der Waals surface area contributed by atoms with Crippen LogP contribution in [0.5, 0.6) is 0 Å². The second kappa shape index (κ2) is 10.2. The van der Waals surface area contributed by atoms with Crippen LogP contribution in [0.1, 0.15) is 27.9 Å². The zero-order valence-electron chi connectivity index (χ0n) is 22.2. The first-order valence-electron chi connectivity index (χ1n) is 13.6. The summed E-state index contributed by atoms with van der Waals surface area (Å²) in [5.74, 6) is -2.25. The maximum atomic E-state index is 14.0. The molecule has 6 rings (SSSR count). The number of likely N-dealkylation sites (N-methyl/N-ethyl adjacent to an activating group) is 1. The van der Waals surface area contributed by atoms with Gasteiger partial charge < -0.3 is 20.9 Å². The zero-order chi connectivity index (χ0) is 27.1. The first kappa shape index (κ1) is 25.7. The minimum absolute atomic E-state index is 0.0496. The molecule has 3 aliphatic heterocycles. The molecule has 0 radical (unpaired) electrons. The van der Waals surface area contributed by atoms with Gasteiger partial charge in [0.2, 0.25) is 0 Å². The highest BCUT2D eigenvalue weighted by atomic mass is 19.3. The number of amides is 1. The second-order valence-electron chi connectivity index (χ2n) is 11.0. The number of benzene rings is 2. The minimum atomic E-state index is -2.63. The van der Waals surface area contributed by atoms with Gasteiger partial charge in [0.25, 0.3) is 11.8 Å². The minimum Gasteiger partial charge on any atom is -0.383 e. The Labute approximate surface area is 227 Å². The molecule has 0 spiro atoms. The van der Waals surface area contributed by atoms with Gasteiger partial charge in [0.05, 0.1) is 6.54 Å².